The van der Waals surface area contributed by atoms with E-state index in [1.807, 2.05) is 53.2 Å². The van der Waals surface area contributed by atoms with Gasteiger partial charge in [0.15, 0.2) is 11.5 Å². The molecule has 6 nitrogen and oxygen atoms in total. The van der Waals surface area contributed by atoms with Gasteiger partial charge in [0.1, 0.15) is 18.5 Å². The first-order chi connectivity index (χ1) is 14.2. The van der Waals surface area contributed by atoms with Gasteiger partial charge >= 0.3 is 0 Å². The predicted octanol–water partition coefficient (Wildman–Crippen LogP) is 3.84. The number of fused-ring (bicyclic) bond motifs is 1. The predicted molar refractivity (Wildman–Crippen MR) is 110 cm³/mol. The quantitative estimate of drug-likeness (QED) is 0.712. The van der Waals surface area contributed by atoms with Gasteiger partial charge in [-0.1, -0.05) is 18.2 Å². The van der Waals surface area contributed by atoms with Crippen molar-refractivity contribution in [3.8, 4) is 11.5 Å². The molecule has 6 heteroatoms. The summed E-state index contributed by atoms with van der Waals surface area (Å²) in [6.07, 6.45) is 8.02. The Labute approximate surface area is 171 Å². The van der Waals surface area contributed by atoms with E-state index in [0.29, 0.717) is 26.2 Å². The first-order valence-electron chi connectivity index (χ1n) is 10.3. The average molecular weight is 396 g/mol. The molecule has 1 aromatic carbocycles. The molecule has 0 saturated heterocycles. The second kappa shape index (κ2) is 9.18. The highest BCUT2D eigenvalue weighted by atomic mass is 16.6. The highest BCUT2D eigenvalue weighted by Gasteiger charge is 2.25. The number of allylic oxidation sites excluding steroid dienone is 2. The third kappa shape index (κ3) is 5.01. The molecule has 1 atom stereocenters. The lowest BCUT2D eigenvalue weighted by atomic mass is 10.0. The summed E-state index contributed by atoms with van der Waals surface area (Å²) in [7, 11) is 1.95. The lowest BCUT2D eigenvalue weighted by molar-refractivity contribution is -0.131. The van der Waals surface area contributed by atoms with Gasteiger partial charge in [-0.2, -0.15) is 0 Å². The van der Waals surface area contributed by atoms with Gasteiger partial charge in [-0.25, -0.2) is 0 Å². The fourth-order valence-corrected chi connectivity index (χ4v) is 3.86. The molecule has 1 amide bonds. The first kappa shape index (κ1) is 19.6. The number of hydrogen-bond acceptors (Lipinski definition) is 5. The maximum atomic E-state index is 13.1. The van der Waals surface area contributed by atoms with E-state index in [1.54, 1.807) is 6.26 Å². The van der Waals surface area contributed by atoms with Gasteiger partial charge in [0.05, 0.1) is 19.4 Å². The van der Waals surface area contributed by atoms with Crippen LogP contribution in [-0.2, 0) is 11.3 Å². The summed E-state index contributed by atoms with van der Waals surface area (Å²) in [4.78, 5) is 17.0. The Morgan fingerprint density at radius 1 is 1.14 bits per heavy atom. The van der Waals surface area contributed by atoms with E-state index >= 15 is 0 Å². The van der Waals surface area contributed by atoms with Gasteiger partial charge in [-0.3, -0.25) is 9.69 Å². The monoisotopic (exact) mass is 396 g/mol. The Kier molecular flexibility index (Phi) is 6.20. The Hall–Kier alpha value is -2.73. The van der Waals surface area contributed by atoms with Gasteiger partial charge in [0.25, 0.3) is 0 Å². The zero-order valence-electron chi connectivity index (χ0n) is 16.9. The van der Waals surface area contributed by atoms with E-state index in [4.69, 9.17) is 13.9 Å². The highest BCUT2D eigenvalue weighted by molar-refractivity contribution is 5.80. The van der Waals surface area contributed by atoms with Crippen LogP contribution in [0.3, 0.4) is 0 Å². The van der Waals surface area contributed by atoms with E-state index in [-0.39, 0.29) is 12.0 Å². The van der Waals surface area contributed by atoms with Crippen LogP contribution in [0.5, 0.6) is 11.5 Å². The highest BCUT2D eigenvalue weighted by Crippen LogP contribution is 2.31. The minimum absolute atomic E-state index is 0.0779. The topological polar surface area (TPSA) is 55.2 Å². The van der Waals surface area contributed by atoms with Crippen LogP contribution in [-0.4, -0.2) is 48.6 Å². The van der Waals surface area contributed by atoms with Crippen molar-refractivity contribution in [2.45, 2.75) is 38.3 Å². The molecule has 1 aliphatic carbocycles. The van der Waals surface area contributed by atoms with Crippen LogP contribution in [0.4, 0.5) is 0 Å². The van der Waals surface area contributed by atoms with Crippen LogP contribution in [0, 0.1) is 0 Å². The molecule has 0 radical (unpaired) electrons. The normalized spacial score (nSPS) is 18.4. The van der Waals surface area contributed by atoms with Crippen molar-refractivity contribution in [1.29, 1.82) is 0 Å². The first-order valence-corrected chi connectivity index (χ1v) is 10.3. The number of nitrogens with zero attached hydrogens (tertiary/aromatic N) is 2. The summed E-state index contributed by atoms with van der Waals surface area (Å²) < 4.78 is 17.3. The molecule has 2 aromatic rings. The van der Waals surface area contributed by atoms with E-state index in [9.17, 15) is 4.79 Å². The van der Waals surface area contributed by atoms with E-state index in [1.165, 1.54) is 6.42 Å². The zero-order chi connectivity index (χ0) is 20.1. The Bertz CT molecular complexity index is 846. The van der Waals surface area contributed by atoms with Gasteiger partial charge in [-0.15, -0.1) is 0 Å². The smallest absolute Gasteiger partial charge is 0.241 e. The van der Waals surface area contributed by atoms with Crippen LogP contribution < -0.4 is 9.47 Å². The molecule has 0 bridgehead atoms. The maximum Gasteiger partial charge on any atom is 0.241 e. The van der Waals surface area contributed by atoms with E-state index < -0.39 is 0 Å². The fraction of sp³-hybridized carbons (Fsp3) is 0.435. The molecular formula is C23H28N2O4. The van der Waals surface area contributed by atoms with Crippen molar-refractivity contribution in [1.82, 2.24) is 9.80 Å². The molecule has 4 rings (SSSR count). The number of carbonyl (C=O) groups is 1. The second-order valence-corrected chi connectivity index (χ2v) is 7.69. The summed E-state index contributed by atoms with van der Waals surface area (Å²) in [6, 6.07) is 11.5. The second-order valence-electron chi connectivity index (χ2n) is 7.69. The molecule has 0 spiro atoms. The number of ether oxygens (including phenoxy) is 2. The molecule has 0 unspecified atom stereocenters. The molecular weight excluding hydrogens is 368 g/mol. The number of likely N-dealkylation sites (N-methyl/N-ethyl adjacent to an activating group) is 1. The number of para-hydroxylation sites is 2. The summed E-state index contributed by atoms with van der Waals surface area (Å²) >= 11 is 0. The fourth-order valence-electron chi connectivity index (χ4n) is 3.86. The molecule has 0 saturated carbocycles. The lowest BCUT2D eigenvalue weighted by Crippen LogP contribution is -2.44. The van der Waals surface area contributed by atoms with Crippen LogP contribution in [0.25, 0.3) is 0 Å². The minimum atomic E-state index is -0.102. The number of hydrogen-bond donors (Lipinski definition) is 0. The molecule has 1 aliphatic heterocycles. The van der Waals surface area contributed by atoms with Gasteiger partial charge in [0, 0.05) is 12.2 Å². The molecule has 2 aliphatic rings. The largest absolute Gasteiger partial charge is 0.486 e. The van der Waals surface area contributed by atoms with Crippen molar-refractivity contribution in [2.75, 3.05) is 26.7 Å². The molecule has 1 aromatic heterocycles. The number of furan rings is 1. The lowest BCUT2D eigenvalue weighted by Gasteiger charge is -2.31. The summed E-state index contributed by atoms with van der Waals surface area (Å²) in [5.41, 5.74) is 1.11. The summed E-state index contributed by atoms with van der Waals surface area (Å²) in [5, 5.41) is 0. The molecule has 29 heavy (non-hydrogen) atoms. The van der Waals surface area contributed by atoms with Crippen molar-refractivity contribution in [3.63, 3.8) is 0 Å². The van der Waals surface area contributed by atoms with Gasteiger partial charge < -0.3 is 18.8 Å². The van der Waals surface area contributed by atoms with Gasteiger partial charge in [0.2, 0.25) is 5.91 Å². The van der Waals surface area contributed by atoms with Crippen molar-refractivity contribution in [3.05, 3.63) is 60.2 Å². The summed E-state index contributed by atoms with van der Waals surface area (Å²) in [5.74, 6) is 2.41. The van der Waals surface area contributed by atoms with Crippen LogP contribution in [0.15, 0.2) is 58.9 Å². The Morgan fingerprint density at radius 2 is 2.00 bits per heavy atom. The molecule has 154 valence electrons. The van der Waals surface area contributed by atoms with E-state index in [2.05, 4.69) is 6.08 Å². The molecule has 0 N–H and O–H groups in total. The maximum absolute atomic E-state index is 13.1. The van der Waals surface area contributed by atoms with Crippen LogP contribution in [0.1, 0.15) is 31.4 Å². The minimum Gasteiger partial charge on any atom is -0.486 e. The van der Waals surface area contributed by atoms with Crippen molar-refractivity contribution >= 4 is 5.91 Å². The number of benzene rings is 1. The third-order valence-corrected chi connectivity index (χ3v) is 5.30. The number of carbonyl (C=O) groups excluding carboxylic acids is 1. The van der Waals surface area contributed by atoms with Crippen molar-refractivity contribution < 1.29 is 18.7 Å². The zero-order valence-corrected chi connectivity index (χ0v) is 16.9. The SMILES string of the molecule is CN(CC(=O)N(Cc1ccco1)C1=CCCCC1)C[C@H]1COc2ccccc2O1. The third-order valence-electron chi connectivity index (χ3n) is 5.30. The molecule has 2 heterocycles. The van der Waals surface area contributed by atoms with Crippen LogP contribution in [0.2, 0.25) is 0 Å². The Morgan fingerprint density at radius 3 is 2.76 bits per heavy atom. The Balaban J connectivity index is 1.37. The molecule has 0 fully saturated rings. The van der Waals surface area contributed by atoms with Crippen LogP contribution >= 0.6 is 0 Å². The van der Waals surface area contributed by atoms with Crippen molar-refractivity contribution in [2.24, 2.45) is 0 Å². The van der Waals surface area contributed by atoms with E-state index in [0.717, 1.165) is 42.2 Å². The number of amides is 1. The standard InChI is InChI=1S/C23H28N2O4/c1-24(14-20-17-28-21-11-5-6-12-22(21)29-20)16-23(26)25(15-19-10-7-13-27-19)18-8-3-2-4-9-18/h5-8,10-13,20H,2-4,9,14-17H2,1H3/t20-/m0/s1. The summed E-state index contributed by atoms with van der Waals surface area (Å²) in [6.45, 7) is 1.89. The van der Waals surface area contributed by atoms with Gasteiger partial charge in [-0.05, 0) is 57.0 Å². The average Bonchev–Trinajstić information content (AvgIpc) is 3.26. The number of rotatable bonds is 7.